The number of nitro groups is 1. The van der Waals surface area contributed by atoms with Crippen molar-refractivity contribution in [3.05, 3.63) is 76.3 Å². The van der Waals surface area contributed by atoms with Crippen LogP contribution >= 0.6 is 0 Å². The summed E-state index contributed by atoms with van der Waals surface area (Å²) in [6, 6.07) is 15.3. The highest BCUT2D eigenvalue weighted by atomic mass is 32.2. The summed E-state index contributed by atoms with van der Waals surface area (Å²) in [5.41, 5.74) is 0.0582. The third-order valence-electron chi connectivity index (χ3n) is 4.26. The third kappa shape index (κ3) is 2.85. The van der Waals surface area contributed by atoms with E-state index in [2.05, 4.69) is 10.4 Å². The number of non-ortho nitro benzene ring substituents is 1. The molecule has 140 valence electrons. The van der Waals surface area contributed by atoms with Crippen molar-refractivity contribution in [2.24, 2.45) is 5.10 Å². The number of nitrogens with zero attached hydrogens (tertiary/aromatic N) is 2. The maximum absolute atomic E-state index is 12.4. The summed E-state index contributed by atoms with van der Waals surface area (Å²) in [7, 11) is -3.99. The van der Waals surface area contributed by atoms with Crippen LogP contribution in [0.5, 0.6) is 0 Å². The lowest BCUT2D eigenvalue weighted by atomic mass is 10.0. The van der Waals surface area contributed by atoms with Crippen LogP contribution in [0, 0.1) is 10.1 Å². The molecule has 10 heteroatoms. The Morgan fingerprint density at radius 2 is 1.64 bits per heavy atom. The summed E-state index contributed by atoms with van der Waals surface area (Å²) >= 11 is 0. The molecule has 28 heavy (non-hydrogen) atoms. The van der Waals surface area contributed by atoms with Gasteiger partial charge in [-0.2, -0.15) is 18.4 Å². The van der Waals surface area contributed by atoms with Gasteiger partial charge in [0, 0.05) is 17.0 Å². The fraction of sp³-hybridized carbons (Fsp3) is 0. The van der Waals surface area contributed by atoms with Gasteiger partial charge in [-0.05, 0) is 18.2 Å². The second-order valence-electron chi connectivity index (χ2n) is 5.94. The Bertz CT molecular complexity index is 1270. The molecule has 0 fully saturated rings. The second-order valence-corrected chi connectivity index (χ2v) is 7.60. The fourth-order valence-corrected chi connectivity index (χ4v) is 3.83. The normalized spacial score (nSPS) is 14.7. The Morgan fingerprint density at radius 1 is 1.00 bits per heavy atom. The van der Waals surface area contributed by atoms with E-state index in [1.807, 2.05) is 4.83 Å². The molecule has 2 N–H and O–H groups in total. The van der Waals surface area contributed by atoms with Crippen LogP contribution in [0.1, 0.15) is 5.56 Å². The molecule has 0 saturated heterocycles. The lowest BCUT2D eigenvalue weighted by molar-refractivity contribution is -0.383. The number of carbonyl (C=O) groups is 1. The number of anilines is 1. The highest BCUT2D eigenvalue weighted by Gasteiger charge is 2.32. The van der Waals surface area contributed by atoms with E-state index in [4.69, 9.17) is 0 Å². The minimum Gasteiger partial charge on any atom is -0.319 e. The van der Waals surface area contributed by atoms with Crippen molar-refractivity contribution in [3.63, 3.8) is 0 Å². The first-order valence-electron chi connectivity index (χ1n) is 8.05. The first-order valence-corrected chi connectivity index (χ1v) is 9.53. The molecule has 9 nitrogen and oxygen atoms in total. The highest BCUT2D eigenvalue weighted by molar-refractivity contribution is 7.89. The number of sulfonamides is 1. The van der Waals surface area contributed by atoms with Crippen molar-refractivity contribution in [1.29, 1.82) is 0 Å². The van der Waals surface area contributed by atoms with E-state index in [1.165, 1.54) is 18.2 Å². The minimum atomic E-state index is -3.99. The number of amides is 1. The molecule has 1 aliphatic rings. The quantitative estimate of drug-likeness (QED) is 0.516. The molecule has 0 saturated carbocycles. The van der Waals surface area contributed by atoms with Gasteiger partial charge in [0.25, 0.3) is 21.6 Å². The molecule has 0 radical (unpaired) electrons. The van der Waals surface area contributed by atoms with Crippen LogP contribution < -0.4 is 10.1 Å². The topological polar surface area (TPSA) is 131 Å². The molecule has 1 aliphatic heterocycles. The Morgan fingerprint density at radius 3 is 2.32 bits per heavy atom. The van der Waals surface area contributed by atoms with E-state index in [1.54, 1.807) is 42.5 Å². The second kappa shape index (κ2) is 6.43. The summed E-state index contributed by atoms with van der Waals surface area (Å²) in [5, 5.41) is 18.6. The first-order chi connectivity index (χ1) is 13.4. The van der Waals surface area contributed by atoms with Gasteiger partial charge < -0.3 is 5.32 Å². The highest BCUT2D eigenvalue weighted by Crippen LogP contribution is 2.38. The van der Waals surface area contributed by atoms with E-state index in [-0.39, 0.29) is 21.9 Å². The van der Waals surface area contributed by atoms with E-state index >= 15 is 0 Å². The number of benzene rings is 3. The Kier molecular flexibility index (Phi) is 4.04. The zero-order valence-corrected chi connectivity index (χ0v) is 14.9. The molecule has 3 aromatic carbocycles. The van der Waals surface area contributed by atoms with Gasteiger partial charge in [-0.25, -0.2) is 0 Å². The van der Waals surface area contributed by atoms with Crippen LogP contribution in [0.25, 0.3) is 10.8 Å². The number of hydrogen-bond donors (Lipinski definition) is 2. The van der Waals surface area contributed by atoms with Crippen LogP contribution in [0.4, 0.5) is 11.4 Å². The lowest BCUT2D eigenvalue weighted by Gasteiger charge is -2.06. The number of nitro benzene ring substituents is 1. The van der Waals surface area contributed by atoms with Gasteiger partial charge in [0.1, 0.15) is 0 Å². The summed E-state index contributed by atoms with van der Waals surface area (Å²) in [5.74, 6) is -0.656. The molecule has 0 atom stereocenters. The van der Waals surface area contributed by atoms with Crippen LogP contribution in [0.3, 0.4) is 0 Å². The molecular weight excluding hydrogens is 384 g/mol. The van der Waals surface area contributed by atoms with Crippen LogP contribution in [0.2, 0.25) is 0 Å². The molecule has 0 bridgehead atoms. The van der Waals surface area contributed by atoms with Gasteiger partial charge in [0.2, 0.25) is 0 Å². The number of rotatable bonds is 4. The zero-order valence-electron chi connectivity index (χ0n) is 14.1. The van der Waals surface area contributed by atoms with E-state index in [0.717, 1.165) is 0 Å². The monoisotopic (exact) mass is 396 g/mol. The number of fused-ring (bicyclic) bond motifs is 3. The van der Waals surface area contributed by atoms with Crippen molar-refractivity contribution >= 4 is 43.8 Å². The maximum Gasteiger partial charge on any atom is 0.278 e. The Hall–Kier alpha value is -3.79. The van der Waals surface area contributed by atoms with Gasteiger partial charge in [-0.3, -0.25) is 14.9 Å². The summed E-state index contributed by atoms with van der Waals surface area (Å²) in [4.78, 5) is 25.2. The average Bonchev–Trinajstić information content (AvgIpc) is 3.01. The van der Waals surface area contributed by atoms with Crippen molar-refractivity contribution < 1.29 is 18.1 Å². The van der Waals surface area contributed by atoms with Gasteiger partial charge >= 0.3 is 0 Å². The molecule has 1 amide bonds. The third-order valence-corrected chi connectivity index (χ3v) is 5.48. The standard InChI is InChI=1S/C18H12N4O5S/c23-18-17(20-21-28(26,27)11-6-2-1-3-7-11)14-10-15(22(24)25)12-8-4-5-9-13(12)16(14)19-18/h1-10,21H,(H,19,20,23). The number of hydrogen-bond acceptors (Lipinski definition) is 6. The summed E-state index contributed by atoms with van der Waals surface area (Å²) < 4.78 is 24.7. The molecular formula is C18H12N4O5S. The Labute approximate surface area is 158 Å². The molecule has 0 aromatic heterocycles. The fourth-order valence-electron chi connectivity index (χ4n) is 2.99. The van der Waals surface area contributed by atoms with Gasteiger partial charge in [0.05, 0.1) is 20.9 Å². The predicted molar refractivity (Wildman–Crippen MR) is 103 cm³/mol. The zero-order chi connectivity index (χ0) is 19.9. The molecule has 0 unspecified atom stereocenters. The number of carbonyl (C=O) groups excluding carboxylic acids is 1. The molecule has 1 heterocycles. The largest absolute Gasteiger partial charge is 0.319 e. The van der Waals surface area contributed by atoms with Gasteiger partial charge in [-0.15, -0.1) is 0 Å². The van der Waals surface area contributed by atoms with Crippen molar-refractivity contribution in [1.82, 2.24) is 4.83 Å². The maximum atomic E-state index is 12.4. The smallest absolute Gasteiger partial charge is 0.278 e. The summed E-state index contributed by atoms with van der Waals surface area (Å²) in [6.07, 6.45) is 0. The molecule has 4 rings (SSSR count). The summed E-state index contributed by atoms with van der Waals surface area (Å²) in [6.45, 7) is 0. The van der Waals surface area contributed by atoms with E-state index in [9.17, 15) is 23.3 Å². The van der Waals surface area contributed by atoms with Crippen LogP contribution in [0.15, 0.2) is 70.7 Å². The average molecular weight is 396 g/mol. The molecule has 3 aromatic rings. The van der Waals surface area contributed by atoms with Crippen molar-refractivity contribution in [3.8, 4) is 0 Å². The van der Waals surface area contributed by atoms with Gasteiger partial charge in [0.15, 0.2) is 5.71 Å². The lowest BCUT2D eigenvalue weighted by Crippen LogP contribution is -2.23. The SMILES string of the molecule is O=C1Nc2c(cc([N+](=O)[O-])c3ccccc23)C1=NNS(=O)(=O)c1ccccc1. The van der Waals surface area contributed by atoms with E-state index in [0.29, 0.717) is 16.5 Å². The van der Waals surface area contributed by atoms with Gasteiger partial charge in [-0.1, -0.05) is 36.4 Å². The Balaban J connectivity index is 1.83. The van der Waals surface area contributed by atoms with Crippen LogP contribution in [-0.4, -0.2) is 25.0 Å². The number of hydrazone groups is 1. The predicted octanol–water partition coefficient (Wildman–Crippen LogP) is 2.38. The molecule has 0 aliphatic carbocycles. The molecule has 0 spiro atoms. The number of nitrogens with one attached hydrogen (secondary N) is 2. The van der Waals surface area contributed by atoms with Crippen molar-refractivity contribution in [2.75, 3.05) is 5.32 Å². The van der Waals surface area contributed by atoms with E-state index < -0.39 is 20.9 Å². The minimum absolute atomic E-state index is 0.0255. The first kappa shape index (κ1) is 17.6. The van der Waals surface area contributed by atoms with Crippen LogP contribution in [-0.2, 0) is 14.8 Å². The van der Waals surface area contributed by atoms with Crippen molar-refractivity contribution in [2.45, 2.75) is 4.90 Å².